The number of benzene rings is 1. The molecule has 0 aliphatic carbocycles. The summed E-state index contributed by atoms with van der Waals surface area (Å²) >= 11 is 0. The molecule has 0 bridgehead atoms. The van der Waals surface area contributed by atoms with Crippen molar-refractivity contribution in [3.8, 4) is 5.95 Å². The molecule has 0 fully saturated rings. The van der Waals surface area contributed by atoms with Crippen molar-refractivity contribution in [1.29, 1.82) is 0 Å². The van der Waals surface area contributed by atoms with Crippen molar-refractivity contribution in [3.05, 3.63) is 54.1 Å². The second kappa shape index (κ2) is 5.73. The molecule has 3 aromatic heterocycles. The molecule has 8 heteroatoms. The molecule has 0 amide bonds. The van der Waals surface area contributed by atoms with Crippen LogP contribution in [0.4, 0.5) is 5.82 Å². The summed E-state index contributed by atoms with van der Waals surface area (Å²) in [5.41, 5.74) is 8.57. The summed E-state index contributed by atoms with van der Waals surface area (Å²) in [7, 11) is 1.86. The average molecular weight is 320 g/mol. The summed E-state index contributed by atoms with van der Waals surface area (Å²) < 4.78 is 1.82. The molecule has 0 atom stereocenters. The molecule has 0 radical (unpaired) electrons. The lowest BCUT2D eigenvalue weighted by Crippen LogP contribution is -2.07. The Morgan fingerprint density at radius 1 is 0.958 bits per heavy atom. The van der Waals surface area contributed by atoms with Crippen LogP contribution in [-0.4, -0.2) is 34.5 Å². The van der Waals surface area contributed by atoms with Crippen LogP contribution >= 0.6 is 0 Å². The van der Waals surface area contributed by atoms with Crippen molar-refractivity contribution in [3.63, 3.8) is 0 Å². The van der Waals surface area contributed by atoms with Crippen LogP contribution in [0.1, 0.15) is 11.4 Å². The Kier molecular flexibility index (Phi) is 3.42. The normalized spacial score (nSPS) is 11.2. The predicted molar refractivity (Wildman–Crippen MR) is 89.5 cm³/mol. The number of anilines is 1. The molecule has 0 aliphatic heterocycles. The molecule has 4 rings (SSSR count). The molecule has 2 N–H and O–H groups in total. The monoisotopic (exact) mass is 320 g/mol. The quantitative estimate of drug-likeness (QED) is 0.608. The molecule has 24 heavy (non-hydrogen) atoms. The largest absolute Gasteiger partial charge is 0.382 e. The van der Waals surface area contributed by atoms with E-state index >= 15 is 0 Å². The first-order chi connectivity index (χ1) is 11.7. The van der Waals surface area contributed by atoms with Gasteiger partial charge in [-0.3, -0.25) is 4.57 Å². The summed E-state index contributed by atoms with van der Waals surface area (Å²) in [6.07, 6.45) is 4.77. The molecular weight excluding hydrogens is 304 g/mol. The van der Waals surface area contributed by atoms with Crippen LogP contribution in [0.2, 0.25) is 0 Å². The maximum Gasteiger partial charge on any atom is 0.251 e. The van der Waals surface area contributed by atoms with Crippen LogP contribution in [0.3, 0.4) is 0 Å². The van der Waals surface area contributed by atoms with Gasteiger partial charge in [0.1, 0.15) is 5.82 Å². The Balaban J connectivity index is 1.70. The Labute approximate surface area is 138 Å². The molecule has 0 saturated carbocycles. The second-order valence-electron chi connectivity index (χ2n) is 5.47. The minimum Gasteiger partial charge on any atom is -0.382 e. The highest BCUT2D eigenvalue weighted by Gasteiger charge is 2.16. The van der Waals surface area contributed by atoms with Crippen LogP contribution in [0, 0.1) is 0 Å². The van der Waals surface area contributed by atoms with Crippen molar-refractivity contribution < 1.29 is 0 Å². The molecule has 0 unspecified atom stereocenters. The van der Waals surface area contributed by atoms with E-state index < -0.39 is 0 Å². The molecule has 0 saturated heterocycles. The lowest BCUT2D eigenvalue weighted by Gasteiger charge is -2.04. The highest BCUT2D eigenvalue weighted by molar-refractivity contribution is 5.83. The summed E-state index contributed by atoms with van der Waals surface area (Å²) in [6.45, 7) is 0. The highest BCUT2D eigenvalue weighted by Crippen LogP contribution is 2.20. The zero-order valence-electron chi connectivity index (χ0n) is 13.2. The molecule has 0 spiro atoms. The van der Waals surface area contributed by atoms with E-state index in [1.54, 1.807) is 12.4 Å². The van der Waals surface area contributed by atoms with Gasteiger partial charge in [0.25, 0.3) is 5.95 Å². The smallest absolute Gasteiger partial charge is 0.251 e. The average Bonchev–Trinajstić information content (AvgIpc) is 3.23. The van der Waals surface area contributed by atoms with Gasteiger partial charge in [-0.15, -0.1) is 4.80 Å². The first-order valence-corrected chi connectivity index (χ1v) is 7.62. The second-order valence-corrected chi connectivity index (χ2v) is 5.47. The predicted octanol–water partition coefficient (Wildman–Crippen LogP) is 1.31. The highest BCUT2D eigenvalue weighted by atomic mass is 15.5. The van der Waals surface area contributed by atoms with E-state index in [0.717, 1.165) is 6.42 Å². The summed E-state index contributed by atoms with van der Waals surface area (Å²) in [6, 6.07) is 10.2. The molecule has 0 aliphatic rings. The summed E-state index contributed by atoms with van der Waals surface area (Å²) in [5.74, 6) is 1.63. The van der Waals surface area contributed by atoms with Crippen molar-refractivity contribution in [2.75, 3.05) is 5.73 Å². The van der Waals surface area contributed by atoms with Crippen LogP contribution in [0.15, 0.2) is 42.7 Å². The fourth-order valence-electron chi connectivity index (χ4n) is 2.63. The van der Waals surface area contributed by atoms with E-state index in [2.05, 4.69) is 37.3 Å². The molecular formula is C16H16N8. The van der Waals surface area contributed by atoms with Gasteiger partial charge < -0.3 is 5.73 Å². The minimum atomic E-state index is 0.372. The third-order valence-corrected chi connectivity index (χ3v) is 3.85. The van der Waals surface area contributed by atoms with Gasteiger partial charge >= 0.3 is 0 Å². The number of aromatic nitrogens is 7. The fourth-order valence-corrected chi connectivity index (χ4v) is 2.63. The number of nitrogens with zero attached hydrogens (tertiary/aromatic N) is 7. The van der Waals surface area contributed by atoms with Crippen LogP contribution in [0.25, 0.3) is 17.1 Å². The maximum atomic E-state index is 6.08. The van der Waals surface area contributed by atoms with Crippen LogP contribution in [-0.2, 0) is 19.9 Å². The van der Waals surface area contributed by atoms with E-state index in [1.165, 1.54) is 10.4 Å². The lowest BCUT2D eigenvalue weighted by atomic mass is 10.1. The molecule has 120 valence electrons. The van der Waals surface area contributed by atoms with Gasteiger partial charge in [-0.2, -0.15) is 10.2 Å². The lowest BCUT2D eigenvalue weighted by molar-refractivity contribution is 0.674. The number of aryl methyl sites for hydroxylation is 3. The van der Waals surface area contributed by atoms with E-state index in [0.29, 0.717) is 35.2 Å². The first-order valence-electron chi connectivity index (χ1n) is 7.62. The summed E-state index contributed by atoms with van der Waals surface area (Å²) in [5, 5.41) is 8.21. The third kappa shape index (κ3) is 2.47. The van der Waals surface area contributed by atoms with Crippen molar-refractivity contribution in [2.45, 2.75) is 12.8 Å². The van der Waals surface area contributed by atoms with Crippen LogP contribution in [0.5, 0.6) is 0 Å². The molecule has 3 heterocycles. The van der Waals surface area contributed by atoms with E-state index in [9.17, 15) is 0 Å². The van der Waals surface area contributed by atoms with E-state index in [-0.39, 0.29) is 0 Å². The Hall–Kier alpha value is -3.29. The van der Waals surface area contributed by atoms with E-state index in [4.69, 9.17) is 5.73 Å². The first kappa shape index (κ1) is 14.3. The maximum absolute atomic E-state index is 6.08. The van der Waals surface area contributed by atoms with Gasteiger partial charge in [-0.1, -0.05) is 30.3 Å². The number of rotatable bonds is 4. The topological polar surface area (TPSA) is 100 Å². The fraction of sp³-hybridized carbons (Fsp3) is 0.188. The number of nitrogen functional groups attached to an aromatic ring is 1. The molecule has 1 aromatic carbocycles. The molecule has 4 aromatic rings. The standard InChI is InChI=1S/C16H16N8/c1-23-15-13(22-16(23)24-18-9-10-19-24)14(17)20-12(21-15)8-7-11-5-3-2-4-6-11/h2-6,9-10H,7-8H2,1H3,(H2,17,20,21). The van der Waals surface area contributed by atoms with Gasteiger partial charge in [0.05, 0.1) is 12.4 Å². The Bertz CT molecular complexity index is 972. The van der Waals surface area contributed by atoms with Crippen molar-refractivity contribution in [1.82, 2.24) is 34.5 Å². The number of hydrogen-bond acceptors (Lipinski definition) is 6. The third-order valence-electron chi connectivity index (χ3n) is 3.85. The SMILES string of the molecule is Cn1c(-n2nccn2)nc2c(N)nc(CCc3ccccc3)nc21. The van der Waals surface area contributed by atoms with Crippen molar-refractivity contribution in [2.24, 2.45) is 7.05 Å². The summed E-state index contributed by atoms with van der Waals surface area (Å²) in [4.78, 5) is 14.9. The van der Waals surface area contributed by atoms with Gasteiger partial charge in [0.15, 0.2) is 17.0 Å². The van der Waals surface area contributed by atoms with E-state index in [1.807, 2.05) is 29.8 Å². The number of hydrogen-bond donors (Lipinski definition) is 1. The van der Waals surface area contributed by atoms with Crippen molar-refractivity contribution >= 4 is 17.0 Å². The van der Waals surface area contributed by atoms with Gasteiger partial charge in [-0.25, -0.2) is 15.0 Å². The van der Waals surface area contributed by atoms with Gasteiger partial charge in [0, 0.05) is 13.5 Å². The van der Waals surface area contributed by atoms with Crippen LogP contribution < -0.4 is 5.73 Å². The number of nitrogens with two attached hydrogens (primary N) is 1. The Morgan fingerprint density at radius 3 is 2.46 bits per heavy atom. The van der Waals surface area contributed by atoms with Gasteiger partial charge in [0.2, 0.25) is 0 Å². The number of imidazole rings is 1. The molecule has 8 nitrogen and oxygen atoms in total. The Morgan fingerprint density at radius 2 is 1.71 bits per heavy atom. The zero-order valence-corrected chi connectivity index (χ0v) is 13.2. The minimum absolute atomic E-state index is 0.372. The number of fused-ring (bicyclic) bond motifs is 1. The van der Waals surface area contributed by atoms with Gasteiger partial charge in [-0.05, 0) is 12.0 Å². The zero-order chi connectivity index (χ0) is 16.5.